The number of pyridine rings is 1. The predicted molar refractivity (Wildman–Crippen MR) is 139 cm³/mol. The molecule has 3 heterocycles. The number of imidazole rings is 1. The second-order valence-corrected chi connectivity index (χ2v) is 9.87. The van der Waals surface area contributed by atoms with Gasteiger partial charge in [0, 0.05) is 37.8 Å². The first-order valence-corrected chi connectivity index (χ1v) is 12.8. The average molecular weight is 487 g/mol. The lowest BCUT2D eigenvalue weighted by Gasteiger charge is -2.33. The fourth-order valence-corrected chi connectivity index (χ4v) is 5.86. The van der Waals surface area contributed by atoms with Crippen molar-refractivity contribution in [3.8, 4) is 11.1 Å². The zero-order valence-corrected chi connectivity index (χ0v) is 20.7. The largest absolute Gasteiger partial charge is 0.428 e. The van der Waals surface area contributed by atoms with Crippen molar-refractivity contribution < 1.29 is 14.1 Å². The standard InChI is InChI=1S/C27H27N5O2S/c1-19-9-8-16-32(19,25(33)18-35-26-29-23-12-6-7-13-24(23)31(26)2)27(34)30-22-14-15-28-17-21(22)20-10-4-3-5-11-20/h3-7,10-15,17,19H,8-9,16,18H2,1-2H3/p+1/t19-,32?/m1/s1. The lowest BCUT2D eigenvalue weighted by atomic mass is 10.1. The minimum Gasteiger partial charge on any atom is -0.322 e. The summed E-state index contributed by atoms with van der Waals surface area (Å²) in [6.45, 7) is 2.50. The van der Waals surface area contributed by atoms with Gasteiger partial charge in [0.15, 0.2) is 5.16 Å². The van der Waals surface area contributed by atoms with E-state index in [0.29, 0.717) is 12.2 Å². The fourth-order valence-electron chi connectivity index (χ4n) is 4.92. The van der Waals surface area contributed by atoms with Gasteiger partial charge in [0.1, 0.15) is 11.8 Å². The third-order valence-electron chi connectivity index (χ3n) is 6.91. The summed E-state index contributed by atoms with van der Waals surface area (Å²) >= 11 is 1.39. The molecule has 0 bridgehead atoms. The Hall–Kier alpha value is -3.49. The Bertz CT molecular complexity index is 1390. The van der Waals surface area contributed by atoms with Crippen molar-refractivity contribution in [1.29, 1.82) is 0 Å². The molecule has 0 radical (unpaired) electrons. The van der Waals surface area contributed by atoms with E-state index in [2.05, 4.69) is 15.3 Å². The Kier molecular flexibility index (Phi) is 6.40. The van der Waals surface area contributed by atoms with Gasteiger partial charge in [0.05, 0.1) is 23.3 Å². The summed E-state index contributed by atoms with van der Waals surface area (Å²) in [4.78, 5) is 36.4. The minimum atomic E-state index is -0.283. The number of amides is 3. The summed E-state index contributed by atoms with van der Waals surface area (Å²) < 4.78 is 1.79. The van der Waals surface area contributed by atoms with Gasteiger partial charge in [-0.3, -0.25) is 10.3 Å². The Morgan fingerprint density at radius 1 is 1.11 bits per heavy atom. The number of anilines is 1. The number of rotatable bonds is 5. The summed E-state index contributed by atoms with van der Waals surface area (Å²) in [6.07, 6.45) is 5.06. The van der Waals surface area contributed by atoms with Crippen LogP contribution in [0.3, 0.4) is 0 Å². The molecule has 2 aromatic carbocycles. The zero-order chi connectivity index (χ0) is 24.4. The SMILES string of the molecule is C[C@@H]1CCC[N+]1(C(=O)CSc1nc2ccccc2n1C)C(=O)Nc1ccncc1-c1ccccc1. The number of thioether (sulfide) groups is 1. The highest BCUT2D eigenvalue weighted by atomic mass is 32.2. The first-order chi connectivity index (χ1) is 17.0. The van der Waals surface area contributed by atoms with Gasteiger partial charge in [-0.2, -0.15) is 4.48 Å². The molecule has 178 valence electrons. The van der Waals surface area contributed by atoms with Crippen LogP contribution in [0.2, 0.25) is 0 Å². The second-order valence-electron chi connectivity index (χ2n) is 8.93. The van der Waals surface area contributed by atoms with E-state index in [9.17, 15) is 9.59 Å². The quantitative estimate of drug-likeness (QED) is 0.298. The van der Waals surface area contributed by atoms with Gasteiger partial charge in [-0.1, -0.05) is 54.2 Å². The van der Waals surface area contributed by atoms with E-state index in [-0.39, 0.29) is 28.2 Å². The molecule has 0 saturated carbocycles. The first-order valence-electron chi connectivity index (χ1n) is 11.8. The topological polar surface area (TPSA) is 76.9 Å². The zero-order valence-electron chi connectivity index (χ0n) is 19.8. The summed E-state index contributed by atoms with van der Waals surface area (Å²) in [5, 5.41) is 3.85. The molecule has 2 atom stereocenters. The van der Waals surface area contributed by atoms with Crippen LogP contribution in [0.1, 0.15) is 19.8 Å². The maximum absolute atomic E-state index is 13.8. The Balaban J connectivity index is 1.39. The van der Waals surface area contributed by atoms with Crippen LogP contribution in [0, 0.1) is 0 Å². The lowest BCUT2D eigenvalue weighted by Crippen LogP contribution is -2.61. The van der Waals surface area contributed by atoms with Crippen LogP contribution in [0.5, 0.6) is 0 Å². The predicted octanol–water partition coefficient (Wildman–Crippen LogP) is 5.49. The maximum Gasteiger partial charge on any atom is 0.428 e. The number of hydrogen-bond acceptors (Lipinski definition) is 5. The number of para-hydroxylation sites is 2. The average Bonchev–Trinajstić information content (AvgIpc) is 3.44. The van der Waals surface area contributed by atoms with Crippen LogP contribution in [0.25, 0.3) is 22.2 Å². The molecule has 0 spiro atoms. The van der Waals surface area contributed by atoms with Gasteiger partial charge < -0.3 is 4.57 Å². The number of hydrogen-bond donors (Lipinski definition) is 1. The number of quaternary nitrogens is 1. The van der Waals surface area contributed by atoms with Crippen LogP contribution < -0.4 is 5.32 Å². The lowest BCUT2D eigenvalue weighted by molar-refractivity contribution is -0.781. The van der Waals surface area contributed by atoms with Crippen LogP contribution in [0.15, 0.2) is 78.2 Å². The van der Waals surface area contributed by atoms with E-state index < -0.39 is 0 Å². The smallest absolute Gasteiger partial charge is 0.322 e. The number of nitrogens with zero attached hydrogens (tertiary/aromatic N) is 4. The number of carbonyl (C=O) groups excluding carboxylic acids is 2. The number of likely N-dealkylation sites (tertiary alicyclic amines) is 1. The van der Waals surface area contributed by atoms with Gasteiger partial charge in [-0.25, -0.2) is 14.6 Å². The molecule has 5 rings (SSSR count). The van der Waals surface area contributed by atoms with E-state index in [4.69, 9.17) is 0 Å². The number of aryl methyl sites for hydroxylation is 1. The van der Waals surface area contributed by atoms with Crippen molar-refractivity contribution in [3.63, 3.8) is 0 Å². The molecule has 1 aliphatic heterocycles. The Morgan fingerprint density at radius 2 is 1.89 bits per heavy atom. The third kappa shape index (κ3) is 4.24. The molecule has 1 fully saturated rings. The monoisotopic (exact) mass is 486 g/mol. The molecule has 4 aromatic rings. The van der Waals surface area contributed by atoms with Crippen molar-refractivity contribution in [2.24, 2.45) is 7.05 Å². The third-order valence-corrected chi connectivity index (χ3v) is 7.93. The molecule has 1 N–H and O–H groups in total. The van der Waals surface area contributed by atoms with Gasteiger partial charge in [0.2, 0.25) is 0 Å². The number of carbonyl (C=O) groups is 2. The molecule has 8 heteroatoms. The van der Waals surface area contributed by atoms with Crippen molar-refractivity contribution in [2.75, 3.05) is 17.6 Å². The highest BCUT2D eigenvalue weighted by molar-refractivity contribution is 7.99. The fraction of sp³-hybridized carbons (Fsp3) is 0.259. The van der Waals surface area contributed by atoms with Crippen molar-refractivity contribution in [2.45, 2.75) is 31.0 Å². The highest BCUT2D eigenvalue weighted by Gasteiger charge is 2.52. The molecule has 1 aliphatic rings. The summed E-state index contributed by atoms with van der Waals surface area (Å²) in [7, 11) is 1.95. The van der Waals surface area contributed by atoms with Crippen LogP contribution in [-0.4, -0.2) is 49.3 Å². The van der Waals surface area contributed by atoms with Gasteiger partial charge in [-0.15, -0.1) is 0 Å². The Morgan fingerprint density at radius 3 is 2.63 bits per heavy atom. The maximum atomic E-state index is 13.8. The molecule has 1 unspecified atom stereocenters. The molecule has 7 nitrogen and oxygen atoms in total. The van der Waals surface area contributed by atoms with E-state index in [1.54, 1.807) is 18.5 Å². The molecular weight excluding hydrogens is 458 g/mol. The summed E-state index contributed by atoms with van der Waals surface area (Å²) in [5.74, 6) is 0.0801. The van der Waals surface area contributed by atoms with Crippen molar-refractivity contribution in [3.05, 3.63) is 73.1 Å². The van der Waals surface area contributed by atoms with Crippen molar-refractivity contribution >= 4 is 40.4 Å². The Labute approximate surface area is 208 Å². The number of nitrogens with one attached hydrogen (secondary N) is 1. The molecule has 0 aliphatic carbocycles. The molecule has 2 aromatic heterocycles. The normalized spacial score (nSPS) is 19.7. The number of fused-ring (bicyclic) bond motifs is 1. The number of aromatic nitrogens is 3. The molecular formula is C27H28N5O2S+. The van der Waals surface area contributed by atoms with E-state index >= 15 is 0 Å². The van der Waals surface area contributed by atoms with Gasteiger partial charge in [-0.05, 0) is 30.7 Å². The minimum absolute atomic E-state index is 0.0921. The van der Waals surface area contributed by atoms with Crippen LogP contribution >= 0.6 is 11.8 Å². The first kappa shape index (κ1) is 23.3. The molecule has 1 saturated heterocycles. The van der Waals surface area contributed by atoms with Gasteiger partial charge >= 0.3 is 11.9 Å². The van der Waals surface area contributed by atoms with E-state index in [0.717, 1.165) is 40.2 Å². The second kappa shape index (κ2) is 9.64. The number of benzene rings is 2. The highest BCUT2D eigenvalue weighted by Crippen LogP contribution is 2.33. The van der Waals surface area contributed by atoms with E-state index in [1.165, 1.54) is 11.8 Å². The molecule has 3 amide bonds. The summed E-state index contributed by atoms with van der Waals surface area (Å²) in [6, 6.07) is 19.1. The van der Waals surface area contributed by atoms with Crippen LogP contribution in [-0.2, 0) is 11.8 Å². The van der Waals surface area contributed by atoms with E-state index in [1.807, 2.05) is 73.1 Å². The summed E-state index contributed by atoms with van der Waals surface area (Å²) in [5.41, 5.74) is 4.36. The number of urea groups is 1. The van der Waals surface area contributed by atoms with Crippen LogP contribution in [0.4, 0.5) is 10.5 Å². The van der Waals surface area contributed by atoms with Crippen molar-refractivity contribution in [1.82, 2.24) is 14.5 Å². The number of imide groups is 1. The molecule has 35 heavy (non-hydrogen) atoms. The van der Waals surface area contributed by atoms with Gasteiger partial charge in [0.25, 0.3) is 0 Å².